The molecule has 0 aromatic heterocycles. The number of methoxy groups -OCH3 is 1. The Morgan fingerprint density at radius 2 is 1.37 bits per heavy atom. The predicted octanol–water partition coefficient (Wildman–Crippen LogP) is 4.00. The van der Waals surface area contributed by atoms with Gasteiger partial charge in [0, 0.05) is 22.3 Å². The smallest absolute Gasteiger partial charge is 0.139 e. The summed E-state index contributed by atoms with van der Waals surface area (Å²) in [6, 6.07) is 13.1. The minimum Gasteiger partial charge on any atom is -0.507 e. The fourth-order valence-electron chi connectivity index (χ4n) is 4.35. The number of hydrogen-bond donors (Lipinski definition) is 2. The molecule has 0 amide bonds. The summed E-state index contributed by atoms with van der Waals surface area (Å²) in [6.45, 7) is 16.5. The van der Waals surface area contributed by atoms with Gasteiger partial charge in [-0.05, 0) is 47.2 Å². The molecule has 4 heteroatoms. The molecule has 1 fully saturated rings. The van der Waals surface area contributed by atoms with E-state index in [0.29, 0.717) is 5.75 Å². The lowest BCUT2D eigenvalue weighted by Gasteiger charge is -2.34. The van der Waals surface area contributed by atoms with Crippen LogP contribution >= 0.6 is 0 Å². The van der Waals surface area contributed by atoms with Crippen LogP contribution in [-0.2, 0) is 15.6 Å². The molecule has 30 heavy (non-hydrogen) atoms. The van der Waals surface area contributed by atoms with Crippen molar-refractivity contribution in [1.82, 2.24) is 0 Å². The molecule has 2 aromatic carbocycles. The molecule has 3 rings (SSSR count). The van der Waals surface area contributed by atoms with E-state index in [4.69, 9.17) is 9.47 Å². The maximum atomic E-state index is 11.2. The van der Waals surface area contributed by atoms with E-state index in [9.17, 15) is 5.11 Å². The molecule has 0 radical (unpaired) electrons. The predicted molar refractivity (Wildman–Crippen MR) is 122 cm³/mol. The van der Waals surface area contributed by atoms with Crippen LogP contribution in [0.2, 0.25) is 0 Å². The lowest BCUT2D eigenvalue weighted by molar-refractivity contribution is -0.933. The molecule has 1 aliphatic rings. The van der Waals surface area contributed by atoms with Gasteiger partial charge in [-0.3, -0.25) is 0 Å². The van der Waals surface area contributed by atoms with Crippen molar-refractivity contribution >= 4 is 0 Å². The lowest BCUT2D eigenvalue weighted by Crippen LogP contribution is -3.14. The number of aromatic hydroxyl groups is 1. The Hall–Kier alpha value is -2.04. The summed E-state index contributed by atoms with van der Waals surface area (Å²) in [5.41, 5.74) is 4.24. The van der Waals surface area contributed by atoms with E-state index in [1.165, 1.54) is 16.0 Å². The van der Waals surface area contributed by atoms with Crippen LogP contribution in [0.1, 0.15) is 69.8 Å². The first-order chi connectivity index (χ1) is 14.0. The van der Waals surface area contributed by atoms with Crippen LogP contribution in [0.25, 0.3) is 0 Å². The zero-order valence-corrected chi connectivity index (χ0v) is 19.6. The standard InChI is InChI=1S/C26H37NO3/c1-25(2,3)21-16-19(17-22(24(21)28)26(4,5)6)23(27-12-14-30-15-13-27)18-8-10-20(29-7)11-9-18/h8-11,16-17,23,28H,12-15H2,1-7H3/p+1/t23-/m1/s1. The van der Waals surface area contributed by atoms with Gasteiger partial charge in [-0.1, -0.05) is 41.5 Å². The van der Waals surface area contributed by atoms with Gasteiger partial charge in [0.05, 0.1) is 20.3 Å². The van der Waals surface area contributed by atoms with Gasteiger partial charge in [0.25, 0.3) is 0 Å². The first kappa shape index (κ1) is 22.6. The third kappa shape index (κ3) is 4.81. The van der Waals surface area contributed by atoms with Crippen molar-refractivity contribution in [2.75, 3.05) is 33.4 Å². The van der Waals surface area contributed by atoms with E-state index in [1.54, 1.807) is 7.11 Å². The first-order valence-electron chi connectivity index (χ1n) is 11.0. The Morgan fingerprint density at radius 1 is 0.867 bits per heavy atom. The number of ether oxygens (including phenoxy) is 2. The topological polar surface area (TPSA) is 43.1 Å². The van der Waals surface area contributed by atoms with Gasteiger partial charge >= 0.3 is 0 Å². The van der Waals surface area contributed by atoms with Crippen molar-refractivity contribution in [3.8, 4) is 11.5 Å². The van der Waals surface area contributed by atoms with Crippen LogP contribution in [0, 0.1) is 0 Å². The summed E-state index contributed by atoms with van der Waals surface area (Å²) in [5.74, 6) is 1.30. The van der Waals surface area contributed by atoms with Crippen LogP contribution in [0.5, 0.6) is 11.5 Å². The van der Waals surface area contributed by atoms with E-state index in [2.05, 4.69) is 65.8 Å². The number of benzene rings is 2. The molecule has 1 atom stereocenters. The summed E-state index contributed by atoms with van der Waals surface area (Å²) in [4.78, 5) is 1.50. The highest BCUT2D eigenvalue weighted by Crippen LogP contribution is 2.41. The van der Waals surface area contributed by atoms with Crippen LogP contribution in [0.4, 0.5) is 0 Å². The van der Waals surface area contributed by atoms with Gasteiger partial charge in [0.2, 0.25) is 0 Å². The van der Waals surface area contributed by atoms with Crippen molar-refractivity contribution in [3.05, 3.63) is 58.7 Å². The highest BCUT2D eigenvalue weighted by Gasteiger charge is 2.33. The van der Waals surface area contributed by atoms with Gasteiger partial charge in [-0.2, -0.15) is 0 Å². The van der Waals surface area contributed by atoms with Crippen LogP contribution < -0.4 is 9.64 Å². The number of quaternary nitrogens is 1. The van der Waals surface area contributed by atoms with Gasteiger partial charge in [0.1, 0.15) is 30.6 Å². The number of rotatable bonds is 4. The summed E-state index contributed by atoms with van der Waals surface area (Å²) >= 11 is 0. The second-order valence-electron chi connectivity index (χ2n) is 10.4. The molecule has 164 valence electrons. The summed E-state index contributed by atoms with van der Waals surface area (Å²) in [6.07, 6.45) is 0. The Bertz CT molecular complexity index is 818. The highest BCUT2D eigenvalue weighted by atomic mass is 16.5. The summed E-state index contributed by atoms with van der Waals surface area (Å²) in [5, 5.41) is 11.2. The zero-order chi connectivity index (χ0) is 22.1. The van der Waals surface area contributed by atoms with E-state index in [-0.39, 0.29) is 16.9 Å². The number of morpholine rings is 1. The van der Waals surface area contributed by atoms with Gasteiger partial charge < -0.3 is 19.5 Å². The van der Waals surface area contributed by atoms with Crippen LogP contribution in [0.3, 0.4) is 0 Å². The fraction of sp³-hybridized carbons (Fsp3) is 0.538. The minimum absolute atomic E-state index is 0.148. The average molecular weight is 413 g/mol. The monoisotopic (exact) mass is 412 g/mol. The van der Waals surface area contributed by atoms with Crippen molar-refractivity contribution in [1.29, 1.82) is 0 Å². The highest BCUT2D eigenvalue weighted by molar-refractivity contribution is 5.51. The van der Waals surface area contributed by atoms with E-state index >= 15 is 0 Å². The van der Waals surface area contributed by atoms with E-state index in [1.807, 2.05) is 12.1 Å². The van der Waals surface area contributed by atoms with E-state index < -0.39 is 0 Å². The second kappa shape index (κ2) is 8.60. The maximum Gasteiger partial charge on any atom is 0.139 e. The van der Waals surface area contributed by atoms with Crippen molar-refractivity contribution in [2.45, 2.75) is 58.4 Å². The fourth-order valence-corrected chi connectivity index (χ4v) is 4.35. The molecule has 2 N–H and O–H groups in total. The molecule has 1 aliphatic heterocycles. The Morgan fingerprint density at radius 3 is 1.80 bits per heavy atom. The molecule has 0 unspecified atom stereocenters. The van der Waals surface area contributed by atoms with Crippen molar-refractivity contribution in [3.63, 3.8) is 0 Å². The summed E-state index contributed by atoms with van der Waals surface area (Å²) in [7, 11) is 1.70. The molecular formula is C26H38NO3+. The minimum atomic E-state index is -0.148. The average Bonchev–Trinajstić information content (AvgIpc) is 2.69. The molecule has 0 spiro atoms. The Kier molecular flexibility index (Phi) is 6.49. The first-order valence-corrected chi connectivity index (χ1v) is 11.0. The molecule has 1 saturated heterocycles. The quantitative estimate of drug-likeness (QED) is 0.798. The number of phenols is 1. The molecule has 0 bridgehead atoms. The summed E-state index contributed by atoms with van der Waals surface area (Å²) < 4.78 is 11.0. The third-order valence-corrected chi connectivity index (χ3v) is 6.07. The largest absolute Gasteiger partial charge is 0.507 e. The molecule has 0 aliphatic carbocycles. The number of hydrogen-bond acceptors (Lipinski definition) is 3. The molecule has 1 heterocycles. The molecular weight excluding hydrogens is 374 g/mol. The third-order valence-electron chi connectivity index (χ3n) is 6.07. The van der Waals surface area contributed by atoms with Crippen molar-refractivity contribution in [2.24, 2.45) is 0 Å². The Balaban J connectivity index is 2.21. The molecule has 0 saturated carbocycles. The lowest BCUT2D eigenvalue weighted by atomic mass is 9.77. The van der Waals surface area contributed by atoms with Gasteiger partial charge in [-0.25, -0.2) is 0 Å². The molecule has 2 aromatic rings. The van der Waals surface area contributed by atoms with E-state index in [0.717, 1.165) is 43.2 Å². The van der Waals surface area contributed by atoms with Gasteiger partial charge in [-0.15, -0.1) is 0 Å². The van der Waals surface area contributed by atoms with Crippen LogP contribution in [-0.4, -0.2) is 38.5 Å². The zero-order valence-electron chi connectivity index (χ0n) is 19.6. The normalized spacial score (nSPS) is 17.0. The number of nitrogens with one attached hydrogen (secondary N) is 1. The number of phenolic OH excluding ortho intramolecular Hbond substituents is 1. The Labute approximate surface area is 181 Å². The van der Waals surface area contributed by atoms with Gasteiger partial charge in [0.15, 0.2) is 0 Å². The second-order valence-corrected chi connectivity index (χ2v) is 10.4. The maximum absolute atomic E-state index is 11.2. The SMILES string of the molecule is COc1ccc([C@H](c2cc(C(C)(C)C)c(O)c(C(C)(C)C)c2)[NH+]2CCOCC2)cc1. The van der Waals surface area contributed by atoms with Crippen LogP contribution in [0.15, 0.2) is 36.4 Å². The van der Waals surface area contributed by atoms with Crippen molar-refractivity contribution < 1.29 is 19.5 Å². The molecule has 4 nitrogen and oxygen atoms in total.